The number of aryl methyl sites for hydroxylation is 2. The van der Waals surface area contributed by atoms with Gasteiger partial charge in [0.1, 0.15) is 0 Å². The maximum atomic E-state index is 12.0. The van der Waals surface area contributed by atoms with Gasteiger partial charge >= 0.3 is 6.16 Å². The SMILES string of the molecule is C#CCCc1cccnc1OC(=O)Oc1ncccc1CCC#C. The van der Waals surface area contributed by atoms with Crippen LogP contribution in [0, 0.1) is 24.7 Å². The number of aromatic nitrogens is 2. The molecular formula is C19H16N2O3. The fraction of sp³-hybridized carbons (Fsp3) is 0.211. The minimum absolute atomic E-state index is 0.179. The second-order valence-corrected chi connectivity index (χ2v) is 4.80. The molecule has 0 unspecified atom stereocenters. The van der Waals surface area contributed by atoms with E-state index in [4.69, 9.17) is 22.3 Å². The highest BCUT2D eigenvalue weighted by Gasteiger charge is 2.15. The van der Waals surface area contributed by atoms with E-state index in [0.29, 0.717) is 25.7 Å². The number of carbonyl (C=O) groups excluding carboxylic acids is 1. The maximum Gasteiger partial charge on any atom is 0.522 e. The molecule has 0 saturated heterocycles. The molecule has 120 valence electrons. The molecular weight excluding hydrogens is 304 g/mol. The molecule has 0 aliphatic carbocycles. The van der Waals surface area contributed by atoms with Gasteiger partial charge < -0.3 is 9.47 Å². The topological polar surface area (TPSA) is 61.3 Å². The van der Waals surface area contributed by atoms with Gasteiger partial charge in [0.2, 0.25) is 11.8 Å². The van der Waals surface area contributed by atoms with Crippen molar-refractivity contribution >= 4 is 6.16 Å². The van der Waals surface area contributed by atoms with Gasteiger partial charge in [-0.25, -0.2) is 14.8 Å². The van der Waals surface area contributed by atoms with Gasteiger partial charge in [-0.1, -0.05) is 12.1 Å². The second-order valence-electron chi connectivity index (χ2n) is 4.80. The summed E-state index contributed by atoms with van der Waals surface area (Å²) in [6.45, 7) is 0. The molecule has 0 N–H and O–H groups in total. The van der Waals surface area contributed by atoms with E-state index < -0.39 is 6.16 Å². The van der Waals surface area contributed by atoms with Crippen molar-refractivity contribution in [1.82, 2.24) is 9.97 Å². The fourth-order valence-corrected chi connectivity index (χ4v) is 2.00. The minimum atomic E-state index is -0.906. The Morgan fingerprint density at radius 2 is 1.38 bits per heavy atom. The minimum Gasteiger partial charge on any atom is -0.375 e. The van der Waals surface area contributed by atoms with Crippen molar-refractivity contribution in [3.05, 3.63) is 47.8 Å². The normalized spacial score (nSPS) is 9.58. The van der Waals surface area contributed by atoms with Crippen LogP contribution in [0.3, 0.4) is 0 Å². The molecule has 0 spiro atoms. The molecule has 0 amide bonds. The highest BCUT2D eigenvalue weighted by atomic mass is 16.7. The summed E-state index contributed by atoms with van der Waals surface area (Å²) in [5.41, 5.74) is 1.47. The van der Waals surface area contributed by atoms with Crippen LogP contribution in [0.5, 0.6) is 11.8 Å². The monoisotopic (exact) mass is 320 g/mol. The number of ether oxygens (including phenoxy) is 2. The van der Waals surface area contributed by atoms with Crippen molar-refractivity contribution in [3.8, 4) is 36.4 Å². The Morgan fingerprint density at radius 1 is 0.917 bits per heavy atom. The van der Waals surface area contributed by atoms with Crippen LogP contribution < -0.4 is 9.47 Å². The summed E-state index contributed by atoms with van der Waals surface area (Å²) in [6, 6.07) is 7.10. The Hall–Kier alpha value is -3.31. The molecule has 2 heterocycles. The van der Waals surface area contributed by atoms with Crippen LogP contribution in [0.4, 0.5) is 4.79 Å². The van der Waals surface area contributed by atoms with E-state index in [0.717, 1.165) is 11.1 Å². The van der Waals surface area contributed by atoms with E-state index in [1.807, 2.05) is 0 Å². The number of terminal acetylenes is 2. The standard InChI is InChI=1S/C19H16N2O3/c1-3-5-9-15-11-7-13-20-17(15)23-19(22)24-18-16(10-6-4-2)12-8-14-21-18/h1-2,7-8,11-14H,5-6,9-10H2. The van der Waals surface area contributed by atoms with Crippen LogP contribution in [-0.4, -0.2) is 16.1 Å². The number of pyridine rings is 2. The Labute approximate surface area is 141 Å². The highest BCUT2D eigenvalue weighted by molar-refractivity contribution is 5.66. The summed E-state index contributed by atoms with van der Waals surface area (Å²) in [7, 11) is 0. The molecule has 0 atom stereocenters. The van der Waals surface area contributed by atoms with Crippen molar-refractivity contribution in [3.63, 3.8) is 0 Å². The molecule has 0 fully saturated rings. The smallest absolute Gasteiger partial charge is 0.375 e. The lowest BCUT2D eigenvalue weighted by molar-refractivity contribution is 0.147. The molecule has 2 rings (SSSR count). The predicted molar refractivity (Wildman–Crippen MR) is 89.4 cm³/mol. The van der Waals surface area contributed by atoms with E-state index in [2.05, 4.69) is 21.8 Å². The Balaban J connectivity index is 2.07. The lowest BCUT2D eigenvalue weighted by atomic mass is 10.1. The van der Waals surface area contributed by atoms with E-state index in [-0.39, 0.29) is 11.8 Å². The van der Waals surface area contributed by atoms with Crippen molar-refractivity contribution < 1.29 is 14.3 Å². The van der Waals surface area contributed by atoms with E-state index in [1.165, 1.54) is 12.4 Å². The second kappa shape index (κ2) is 8.97. The number of hydrogen-bond acceptors (Lipinski definition) is 5. The third-order valence-corrected chi connectivity index (χ3v) is 3.14. The van der Waals surface area contributed by atoms with Crippen LogP contribution in [-0.2, 0) is 12.8 Å². The largest absolute Gasteiger partial charge is 0.522 e. The zero-order valence-electron chi connectivity index (χ0n) is 13.1. The Morgan fingerprint density at radius 3 is 1.79 bits per heavy atom. The van der Waals surface area contributed by atoms with Gasteiger partial charge in [-0.2, -0.15) is 0 Å². The van der Waals surface area contributed by atoms with Crippen LogP contribution >= 0.6 is 0 Å². The van der Waals surface area contributed by atoms with Crippen LogP contribution in [0.1, 0.15) is 24.0 Å². The number of hydrogen-bond donors (Lipinski definition) is 0. The summed E-state index contributed by atoms with van der Waals surface area (Å²) in [6.07, 6.45) is 14.8. The zero-order valence-corrected chi connectivity index (χ0v) is 13.1. The van der Waals surface area contributed by atoms with E-state index >= 15 is 0 Å². The molecule has 0 aliphatic heterocycles. The van der Waals surface area contributed by atoms with Crippen LogP contribution in [0.2, 0.25) is 0 Å². The summed E-state index contributed by atoms with van der Waals surface area (Å²) < 4.78 is 10.4. The molecule has 2 aromatic rings. The average molecular weight is 320 g/mol. The van der Waals surface area contributed by atoms with Crippen LogP contribution in [0.25, 0.3) is 0 Å². The molecule has 0 aliphatic rings. The van der Waals surface area contributed by atoms with Gasteiger partial charge in [-0.3, -0.25) is 0 Å². The molecule has 0 saturated carbocycles. The molecule has 5 nitrogen and oxygen atoms in total. The van der Waals surface area contributed by atoms with E-state index in [9.17, 15) is 4.79 Å². The average Bonchev–Trinajstić information content (AvgIpc) is 2.60. The third kappa shape index (κ3) is 4.86. The van der Waals surface area contributed by atoms with Gasteiger partial charge in [0.15, 0.2) is 0 Å². The summed E-state index contributed by atoms with van der Waals surface area (Å²) in [5, 5.41) is 0. The highest BCUT2D eigenvalue weighted by Crippen LogP contribution is 2.19. The zero-order chi connectivity index (χ0) is 17.2. The van der Waals surface area contributed by atoms with Gasteiger partial charge in [-0.05, 0) is 25.0 Å². The molecule has 0 radical (unpaired) electrons. The van der Waals surface area contributed by atoms with Gasteiger partial charge in [0.25, 0.3) is 0 Å². The first-order chi connectivity index (χ1) is 11.7. The molecule has 5 heteroatoms. The van der Waals surface area contributed by atoms with E-state index in [1.54, 1.807) is 24.3 Å². The molecule has 0 bridgehead atoms. The van der Waals surface area contributed by atoms with Gasteiger partial charge in [0.05, 0.1) is 0 Å². The fourth-order valence-electron chi connectivity index (χ4n) is 2.00. The number of rotatable bonds is 6. The lowest BCUT2D eigenvalue weighted by Crippen LogP contribution is -2.17. The quantitative estimate of drug-likeness (QED) is 0.604. The summed E-state index contributed by atoms with van der Waals surface area (Å²) in [4.78, 5) is 20.1. The molecule has 0 aromatic carbocycles. The first-order valence-corrected chi connectivity index (χ1v) is 7.39. The van der Waals surface area contributed by atoms with Crippen LogP contribution in [0.15, 0.2) is 36.7 Å². The first-order valence-electron chi connectivity index (χ1n) is 7.39. The van der Waals surface area contributed by atoms with Crippen molar-refractivity contribution in [1.29, 1.82) is 0 Å². The lowest BCUT2D eigenvalue weighted by Gasteiger charge is -2.09. The molecule has 2 aromatic heterocycles. The van der Waals surface area contributed by atoms with Gasteiger partial charge in [0, 0.05) is 36.4 Å². The third-order valence-electron chi connectivity index (χ3n) is 3.14. The maximum absolute atomic E-state index is 12.0. The van der Waals surface area contributed by atoms with Gasteiger partial charge in [-0.15, -0.1) is 24.7 Å². The Kier molecular flexibility index (Phi) is 6.37. The summed E-state index contributed by atoms with van der Waals surface area (Å²) >= 11 is 0. The summed E-state index contributed by atoms with van der Waals surface area (Å²) in [5.74, 6) is 5.43. The predicted octanol–water partition coefficient (Wildman–Crippen LogP) is 3.19. The van der Waals surface area contributed by atoms with Crippen molar-refractivity contribution in [2.75, 3.05) is 0 Å². The van der Waals surface area contributed by atoms with Crippen molar-refractivity contribution in [2.45, 2.75) is 25.7 Å². The molecule has 24 heavy (non-hydrogen) atoms. The first kappa shape index (κ1) is 17.1. The number of carbonyl (C=O) groups is 1. The van der Waals surface area contributed by atoms with Crippen molar-refractivity contribution in [2.24, 2.45) is 0 Å². The number of nitrogens with zero attached hydrogens (tertiary/aromatic N) is 2. The Bertz CT molecular complexity index is 722.